The normalized spacial score (nSPS) is 23.5. The Hall–Kier alpha value is -2.34. The molecule has 0 aliphatic carbocycles. The van der Waals surface area contributed by atoms with Gasteiger partial charge in [-0.1, -0.05) is 0 Å². The van der Waals surface area contributed by atoms with Crippen LogP contribution in [0, 0.1) is 0 Å². The quantitative estimate of drug-likeness (QED) is 0.269. The van der Waals surface area contributed by atoms with Crippen molar-refractivity contribution >= 4 is 42.2 Å². The second kappa shape index (κ2) is 9.92. The van der Waals surface area contributed by atoms with Gasteiger partial charge in [0, 0.05) is 18.8 Å². The third kappa shape index (κ3) is 5.38. The maximum absolute atomic E-state index is 12.8. The van der Waals surface area contributed by atoms with Crippen molar-refractivity contribution in [1.29, 1.82) is 0 Å². The van der Waals surface area contributed by atoms with Crippen molar-refractivity contribution in [2.75, 3.05) is 18.8 Å². The molecule has 29 heavy (non-hydrogen) atoms. The van der Waals surface area contributed by atoms with Crippen molar-refractivity contribution in [2.24, 2.45) is 11.5 Å². The van der Waals surface area contributed by atoms with E-state index >= 15 is 0 Å². The van der Waals surface area contributed by atoms with Crippen LogP contribution in [0.5, 0.6) is 0 Å². The van der Waals surface area contributed by atoms with Crippen molar-refractivity contribution in [3.8, 4) is 0 Å². The van der Waals surface area contributed by atoms with E-state index in [1.807, 2.05) is 0 Å². The largest absolute Gasteiger partial charge is 0.480 e. The highest BCUT2D eigenvalue weighted by Gasteiger charge is 2.41. The summed E-state index contributed by atoms with van der Waals surface area (Å²) in [5, 5.41) is 11.8. The number of thiol groups is 1. The Balaban J connectivity index is 2.13. The summed E-state index contributed by atoms with van der Waals surface area (Å²) in [5.74, 6) is -3.53. The van der Waals surface area contributed by atoms with E-state index < -0.39 is 60.2 Å². The van der Waals surface area contributed by atoms with E-state index in [0.29, 0.717) is 32.2 Å². The molecule has 4 unspecified atom stereocenters. The Morgan fingerprint density at radius 3 is 2.10 bits per heavy atom. The van der Waals surface area contributed by atoms with Gasteiger partial charge in [0.05, 0.1) is 12.5 Å². The van der Waals surface area contributed by atoms with E-state index in [0.717, 1.165) is 4.90 Å². The number of hydrogen-bond acceptors (Lipinski definition) is 7. The number of nitrogens with one attached hydrogen (secondary N) is 1. The van der Waals surface area contributed by atoms with Gasteiger partial charge in [0.15, 0.2) is 0 Å². The minimum absolute atomic E-state index is 0.123. The molecule has 0 aromatic heterocycles. The van der Waals surface area contributed by atoms with Crippen molar-refractivity contribution in [3.05, 3.63) is 0 Å². The van der Waals surface area contributed by atoms with Gasteiger partial charge < -0.3 is 31.7 Å². The van der Waals surface area contributed by atoms with Crippen LogP contribution in [-0.4, -0.2) is 87.5 Å². The minimum Gasteiger partial charge on any atom is -0.480 e. The summed E-state index contributed by atoms with van der Waals surface area (Å²) in [7, 11) is 0. The summed E-state index contributed by atoms with van der Waals surface area (Å²) in [6, 6.07) is -3.98. The standard InChI is InChI=1S/C17H27N5O6S/c18-9(8-29)15(25)21-5-1-3-11(21)14(24)20-10(7-13(19)23)16(26)22-6-2-4-12(22)17(27)28/h9-12,29H,1-8,18H2,(H2,19,23)(H,20,24)(H,27,28). The third-order valence-corrected chi connectivity index (χ3v) is 5.59. The zero-order valence-electron chi connectivity index (χ0n) is 16.0. The zero-order chi connectivity index (χ0) is 21.7. The molecule has 12 heteroatoms. The number of nitrogens with zero attached hydrogens (tertiary/aromatic N) is 2. The first kappa shape index (κ1) is 22.9. The Bertz CT molecular complexity index is 689. The van der Waals surface area contributed by atoms with Crippen LogP contribution >= 0.6 is 12.6 Å². The van der Waals surface area contributed by atoms with Gasteiger partial charge in [-0.3, -0.25) is 19.2 Å². The number of hydrogen-bond donors (Lipinski definition) is 5. The summed E-state index contributed by atoms with van der Waals surface area (Å²) in [6.07, 6.45) is 1.31. The highest BCUT2D eigenvalue weighted by molar-refractivity contribution is 7.80. The first-order valence-electron chi connectivity index (χ1n) is 9.46. The number of carboxylic acid groups (broad SMARTS) is 1. The first-order chi connectivity index (χ1) is 13.7. The maximum Gasteiger partial charge on any atom is 0.326 e. The molecule has 6 N–H and O–H groups in total. The van der Waals surface area contributed by atoms with Crippen molar-refractivity contribution < 1.29 is 29.1 Å². The second-order valence-electron chi connectivity index (χ2n) is 7.24. The van der Waals surface area contributed by atoms with Crippen LogP contribution in [0.1, 0.15) is 32.1 Å². The maximum atomic E-state index is 12.8. The second-order valence-corrected chi connectivity index (χ2v) is 7.60. The summed E-state index contributed by atoms with van der Waals surface area (Å²) >= 11 is 4.00. The smallest absolute Gasteiger partial charge is 0.326 e. The van der Waals surface area contributed by atoms with Gasteiger partial charge in [-0.15, -0.1) is 0 Å². The highest BCUT2D eigenvalue weighted by atomic mass is 32.1. The Morgan fingerprint density at radius 2 is 1.59 bits per heavy atom. The van der Waals surface area contributed by atoms with E-state index in [4.69, 9.17) is 11.5 Å². The fraction of sp³-hybridized carbons (Fsp3) is 0.706. The summed E-state index contributed by atoms with van der Waals surface area (Å²) in [4.78, 5) is 63.3. The molecule has 2 aliphatic rings. The Labute approximate surface area is 173 Å². The number of likely N-dealkylation sites (tertiary alicyclic amines) is 2. The van der Waals surface area contributed by atoms with E-state index in [1.54, 1.807) is 0 Å². The molecule has 2 heterocycles. The lowest BCUT2D eigenvalue weighted by Crippen LogP contribution is -2.57. The van der Waals surface area contributed by atoms with Crippen LogP contribution in [0.4, 0.5) is 0 Å². The van der Waals surface area contributed by atoms with Crippen LogP contribution in [0.3, 0.4) is 0 Å². The number of primary amides is 1. The molecule has 11 nitrogen and oxygen atoms in total. The molecule has 2 rings (SSSR count). The van der Waals surface area contributed by atoms with E-state index in [1.165, 1.54) is 4.90 Å². The van der Waals surface area contributed by atoms with Crippen LogP contribution in [-0.2, 0) is 24.0 Å². The molecular formula is C17H27N5O6S. The molecule has 4 atom stereocenters. The Kier molecular flexibility index (Phi) is 7.85. The molecule has 2 fully saturated rings. The van der Waals surface area contributed by atoms with Gasteiger partial charge in [0.2, 0.25) is 23.6 Å². The van der Waals surface area contributed by atoms with Crippen LogP contribution < -0.4 is 16.8 Å². The lowest BCUT2D eigenvalue weighted by molar-refractivity contribution is -0.150. The van der Waals surface area contributed by atoms with Crippen molar-refractivity contribution in [1.82, 2.24) is 15.1 Å². The lowest BCUT2D eigenvalue weighted by atomic mass is 10.1. The third-order valence-electron chi connectivity index (χ3n) is 5.19. The Morgan fingerprint density at radius 1 is 1.03 bits per heavy atom. The lowest BCUT2D eigenvalue weighted by Gasteiger charge is -2.30. The van der Waals surface area contributed by atoms with Gasteiger partial charge in [0.1, 0.15) is 18.1 Å². The fourth-order valence-electron chi connectivity index (χ4n) is 3.75. The summed E-state index contributed by atoms with van der Waals surface area (Å²) in [5.41, 5.74) is 10.9. The van der Waals surface area contributed by atoms with E-state index in [9.17, 15) is 29.1 Å². The van der Waals surface area contributed by atoms with Gasteiger partial charge in [-0.2, -0.15) is 12.6 Å². The predicted octanol–water partition coefficient (Wildman–Crippen LogP) is -2.33. The molecule has 2 saturated heterocycles. The molecule has 0 spiro atoms. The molecular weight excluding hydrogens is 402 g/mol. The number of carbonyl (C=O) groups is 5. The molecule has 2 aliphatic heterocycles. The number of carbonyl (C=O) groups excluding carboxylic acids is 4. The monoisotopic (exact) mass is 429 g/mol. The number of carboxylic acids is 1. The first-order valence-corrected chi connectivity index (χ1v) is 10.1. The molecule has 0 aromatic carbocycles. The number of aliphatic carboxylic acids is 1. The molecule has 0 radical (unpaired) electrons. The highest BCUT2D eigenvalue weighted by Crippen LogP contribution is 2.21. The fourth-order valence-corrected chi connectivity index (χ4v) is 3.91. The predicted molar refractivity (Wildman–Crippen MR) is 105 cm³/mol. The van der Waals surface area contributed by atoms with Gasteiger partial charge in [0.25, 0.3) is 0 Å². The van der Waals surface area contributed by atoms with E-state index in [2.05, 4.69) is 17.9 Å². The summed E-state index contributed by atoms with van der Waals surface area (Å²) in [6.45, 7) is 0.561. The van der Waals surface area contributed by atoms with Gasteiger partial charge in [-0.25, -0.2) is 4.79 Å². The summed E-state index contributed by atoms with van der Waals surface area (Å²) < 4.78 is 0. The molecule has 162 valence electrons. The van der Waals surface area contributed by atoms with Crippen LogP contribution in [0.25, 0.3) is 0 Å². The van der Waals surface area contributed by atoms with Crippen molar-refractivity contribution in [2.45, 2.75) is 56.3 Å². The zero-order valence-corrected chi connectivity index (χ0v) is 16.8. The van der Waals surface area contributed by atoms with Crippen molar-refractivity contribution in [3.63, 3.8) is 0 Å². The number of rotatable bonds is 8. The topological polar surface area (TPSA) is 176 Å². The SMILES string of the molecule is NC(=O)CC(NC(=O)C1CCCN1C(=O)C(N)CS)C(=O)N1CCCC1C(=O)O. The molecule has 0 bridgehead atoms. The van der Waals surface area contributed by atoms with Gasteiger partial charge >= 0.3 is 5.97 Å². The van der Waals surface area contributed by atoms with Crippen LogP contribution in [0.2, 0.25) is 0 Å². The van der Waals surface area contributed by atoms with E-state index in [-0.39, 0.29) is 12.3 Å². The molecule has 0 saturated carbocycles. The van der Waals surface area contributed by atoms with Gasteiger partial charge in [-0.05, 0) is 25.7 Å². The average Bonchev–Trinajstić information content (AvgIpc) is 3.34. The molecule has 0 aromatic rings. The minimum atomic E-state index is -1.30. The number of amides is 4. The van der Waals surface area contributed by atoms with Crippen LogP contribution in [0.15, 0.2) is 0 Å². The number of nitrogens with two attached hydrogens (primary N) is 2. The average molecular weight is 429 g/mol. The molecule has 4 amide bonds.